The Labute approximate surface area is 104 Å². The molecule has 0 amide bonds. The quantitative estimate of drug-likeness (QED) is 0.662. The number of nitrogens with one attached hydrogen (secondary N) is 1. The van der Waals surface area contributed by atoms with Crippen LogP contribution >= 0.6 is 0 Å². The Balaban J connectivity index is 2.29. The molecule has 1 unspecified atom stereocenters. The van der Waals surface area contributed by atoms with Gasteiger partial charge in [0, 0.05) is 12.1 Å². The van der Waals surface area contributed by atoms with Crippen molar-refractivity contribution in [2.75, 3.05) is 12.4 Å². The number of methoxy groups -OCH3 is 1. The summed E-state index contributed by atoms with van der Waals surface area (Å²) in [6.45, 7) is 4.15. The average Bonchev–Trinajstić information content (AvgIpc) is 2.88. The van der Waals surface area contributed by atoms with E-state index in [1.54, 1.807) is 0 Å². The first-order chi connectivity index (χ1) is 8.35. The summed E-state index contributed by atoms with van der Waals surface area (Å²) in [6.07, 6.45) is 0.950. The van der Waals surface area contributed by atoms with E-state index in [0.29, 0.717) is 0 Å². The van der Waals surface area contributed by atoms with Crippen LogP contribution in [0.4, 0.5) is 15.8 Å². The molecule has 18 heavy (non-hydrogen) atoms. The summed E-state index contributed by atoms with van der Waals surface area (Å²) >= 11 is 0. The van der Waals surface area contributed by atoms with Gasteiger partial charge in [-0.25, -0.2) is 4.39 Å². The van der Waals surface area contributed by atoms with Crippen LogP contribution in [0.3, 0.4) is 0 Å². The largest absolute Gasteiger partial charge is 0.490 e. The van der Waals surface area contributed by atoms with Gasteiger partial charge in [0.1, 0.15) is 0 Å². The van der Waals surface area contributed by atoms with Crippen LogP contribution < -0.4 is 10.1 Å². The van der Waals surface area contributed by atoms with Crippen LogP contribution in [0.25, 0.3) is 0 Å². The third-order valence-corrected chi connectivity index (χ3v) is 3.31. The average molecular weight is 254 g/mol. The molecule has 1 fully saturated rings. The molecule has 5 nitrogen and oxygen atoms in total. The van der Waals surface area contributed by atoms with Crippen molar-refractivity contribution in [3.63, 3.8) is 0 Å². The molecule has 1 aliphatic rings. The minimum atomic E-state index is -0.660. The Morgan fingerprint density at radius 2 is 2.17 bits per heavy atom. The van der Waals surface area contributed by atoms with Crippen LogP contribution in [0, 0.1) is 21.3 Å². The summed E-state index contributed by atoms with van der Waals surface area (Å²) < 4.78 is 18.7. The lowest BCUT2D eigenvalue weighted by Gasteiger charge is -2.11. The van der Waals surface area contributed by atoms with Crippen LogP contribution in [-0.2, 0) is 0 Å². The summed E-state index contributed by atoms with van der Waals surface area (Å²) in [5, 5.41) is 13.8. The predicted molar refractivity (Wildman–Crippen MR) is 65.4 cm³/mol. The minimum absolute atomic E-state index is 0.0577. The van der Waals surface area contributed by atoms with Crippen molar-refractivity contribution < 1.29 is 14.1 Å². The standard InChI is InChI=1S/C12H15FN2O3/c1-12(2)6-11(12)14-8-5-10(18-3)9(15(16)17)4-7(8)13/h4-5,11,14H,6H2,1-3H3. The van der Waals surface area contributed by atoms with Gasteiger partial charge in [-0.2, -0.15) is 0 Å². The number of nitro groups is 1. The highest BCUT2D eigenvalue weighted by Crippen LogP contribution is 2.47. The summed E-state index contributed by atoms with van der Waals surface area (Å²) in [7, 11) is 1.32. The highest BCUT2D eigenvalue weighted by Gasteiger charge is 2.46. The normalized spacial score (nSPS) is 20.3. The van der Waals surface area contributed by atoms with Crippen LogP contribution in [-0.4, -0.2) is 18.1 Å². The second-order valence-corrected chi connectivity index (χ2v) is 5.15. The summed E-state index contributed by atoms with van der Waals surface area (Å²) in [4.78, 5) is 10.1. The summed E-state index contributed by atoms with van der Waals surface area (Å²) in [5.41, 5.74) is 0.0187. The first-order valence-electron chi connectivity index (χ1n) is 5.63. The molecule has 1 aliphatic carbocycles. The van der Waals surface area contributed by atoms with Gasteiger partial charge in [-0.05, 0) is 11.8 Å². The SMILES string of the molecule is COc1cc(NC2CC2(C)C)c(F)cc1[N+](=O)[O-]. The van der Waals surface area contributed by atoms with Crippen molar-refractivity contribution in [3.05, 3.63) is 28.1 Å². The first kappa shape index (κ1) is 12.6. The van der Waals surface area contributed by atoms with E-state index in [4.69, 9.17) is 4.74 Å². The highest BCUT2D eigenvalue weighted by atomic mass is 19.1. The number of hydrogen-bond donors (Lipinski definition) is 1. The zero-order valence-corrected chi connectivity index (χ0v) is 10.5. The van der Waals surface area contributed by atoms with Gasteiger partial charge in [-0.3, -0.25) is 10.1 Å². The van der Waals surface area contributed by atoms with Crippen molar-refractivity contribution >= 4 is 11.4 Å². The first-order valence-corrected chi connectivity index (χ1v) is 5.63. The summed E-state index contributed by atoms with van der Waals surface area (Å²) in [6, 6.07) is 2.41. The molecule has 0 heterocycles. The second-order valence-electron chi connectivity index (χ2n) is 5.15. The number of nitro benzene ring substituents is 1. The third-order valence-electron chi connectivity index (χ3n) is 3.31. The maximum atomic E-state index is 13.7. The molecule has 2 rings (SSSR count). The predicted octanol–water partition coefficient (Wildman–Crippen LogP) is 2.95. The smallest absolute Gasteiger partial charge is 0.313 e. The number of halogens is 1. The number of hydrogen-bond acceptors (Lipinski definition) is 4. The highest BCUT2D eigenvalue weighted by molar-refractivity contribution is 5.60. The number of anilines is 1. The van der Waals surface area contributed by atoms with Crippen molar-refractivity contribution in [2.24, 2.45) is 5.41 Å². The van der Waals surface area contributed by atoms with E-state index in [1.807, 2.05) is 0 Å². The van der Waals surface area contributed by atoms with Crippen LogP contribution in [0.1, 0.15) is 20.3 Å². The topological polar surface area (TPSA) is 64.4 Å². The Bertz CT molecular complexity index is 502. The molecule has 0 radical (unpaired) electrons. The molecule has 1 saturated carbocycles. The van der Waals surface area contributed by atoms with E-state index in [9.17, 15) is 14.5 Å². The fourth-order valence-electron chi connectivity index (χ4n) is 1.86. The van der Waals surface area contributed by atoms with Crippen LogP contribution in [0.2, 0.25) is 0 Å². The molecule has 0 saturated heterocycles. The molecule has 0 bridgehead atoms. The van der Waals surface area contributed by atoms with E-state index >= 15 is 0 Å². The van der Waals surface area contributed by atoms with Gasteiger partial charge in [0.15, 0.2) is 11.6 Å². The molecular weight excluding hydrogens is 239 g/mol. The molecule has 6 heteroatoms. The Morgan fingerprint density at radius 3 is 2.61 bits per heavy atom. The van der Waals surface area contributed by atoms with Crippen molar-refractivity contribution in [2.45, 2.75) is 26.3 Å². The number of rotatable bonds is 4. The number of nitrogens with zero attached hydrogens (tertiary/aromatic N) is 1. The molecule has 1 N–H and O–H groups in total. The second kappa shape index (κ2) is 4.12. The Hall–Kier alpha value is -1.85. The maximum Gasteiger partial charge on any atom is 0.313 e. The van der Waals surface area contributed by atoms with E-state index in [1.165, 1.54) is 13.2 Å². The third kappa shape index (κ3) is 2.23. The molecule has 1 aromatic carbocycles. The van der Waals surface area contributed by atoms with Gasteiger partial charge in [0.2, 0.25) is 0 Å². The minimum Gasteiger partial charge on any atom is -0.490 e. The Morgan fingerprint density at radius 1 is 1.56 bits per heavy atom. The van der Waals surface area contributed by atoms with E-state index < -0.39 is 10.7 Å². The molecule has 98 valence electrons. The van der Waals surface area contributed by atoms with Gasteiger partial charge in [0.05, 0.1) is 23.8 Å². The Kier molecular flexibility index (Phi) is 2.88. The van der Waals surface area contributed by atoms with Gasteiger partial charge < -0.3 is 10.1 Å². The van der Waals surface area contributed by atoms with Crippen molar-refractivity contribution in [1.82, 2.24) is 0 Å². The number of ether oxygens (including phenoxy) is 1. The number of benzene rings is 1. The lowest BCUT2D eigenvalue weighted by Crippen LogP contribution is -2.10. The van der Waals surface area contributed by atoms with Gasteiger partial charge in [0.25, 0.3) is 0 Å². The van der Waals surface area contributed by atoms with Gasteiger partial charge in [-0.1, -0.05) is 13.8 Å². The van der Waals surface area contributed by atoms with Crippen LogP contribution in [0.15, 0.2) is 12.1 Å². The summed E-state index contributed by atoms with van der Waals surface area (Å²) in [5.74, 6) is -0.576. The fourth-order valence-corrected chi connectivity index (χ4v) is 1.86. The van der Waals surface area contributed by atoms with E-state index in [2.05, 4.69) is 19.2 Å². The molecule has 0 aliphatic heterocycles. The lowest BCUT2D eigenvalue weighted by molar-refractivity contribution is -0.385. The van der Waals surface area contributed by atoms with Gasteiger partial charge >= 0.3 is 5.69 Å². The molecule has 0 aromatic heterocycles. The van der Waals surface area contributed by atoms with E-state index in [0.717, 1.165) is 12.5 Å². The zero-order chi connectivity index (χ0) is 13.5. The molecule has 0 spiro atoms. The zero-order valence-electron chi connectivity index (χ0n) is 10.5. The molecule has 1 atom stereocenters. The monoisotopic (exact) mass is 254 g/mol. The molecule has 1 aromatic rings. The van der Waals surface area contributed by atoms with Crippen molar-refractivity contribution in [1.29, 1.82) is 0 Å². The molecular formula is C12H15FN2O3. The fraction of sp³-hybridized carbons (Fsp3) is 0.500. The van der Waals surface area contributed by atoms with E-state index in [-0.39, 0.29) is 28.6 Å². The lowest BCUT2D eigenvalue weighted by atomic mass is 10.2. The van der Waals surface area contributed by atoms with Crippen LogP contribution in [0.5, 0.6) is 5.75 Å². The van der Waals surface area contributed by atoms with Gasteiger partial charge in [-0.15, -0.1) is 0 Å². The maximum absolute atomic E-state index is 13.7. The van der Waals surface area contributed by atoms with Crippen molar-refractivity contribution in [3.8, 4) is 5.75 Å².